The Morgan fingerprint density at radius 1 is 1.30 bits per heavy atom. The van der Waals surface area contributed by atoms with Crippen LogP contribution in [0.25, 0.3) is 16.0 Å². The Bertz CT molecular complexity index is 948. The third-order valence-corrected chi connectivity index (χ3v) is 5.84. The third kappa shape index (κ3) is 4.34. The van der Waals surface area contributed by atoms with E-state index in [2.05, 4.69) is 19.1 Å². The van der Waals surface area contributed by atoms with Crippen LogP contribution in [0.1, 0.15) is 43.1 Å². The van der Waals surface area contributed by atoms with E-state index in [1.54, 1.807) is 18.4 Å². The number of thiophene rings is 1. The molecule has 5 nitrogen and oxygen atoms in total. The fraction of sp³-hybridized carbons (Fsp3) is 0.400. The lowest BCUT2D eigenvalue weighted by Crippen LogP contribution is -2.09. The van der Waals surface area contributed by atoms with Gasteiger partial charge in [-0.15, -0.1) is 11.3 Å². The van der Waals surface area contributed by atoms with Crippen molar-refractivity contribution in [3.8, 4) is 10.4 Å². The molecule has 0 radical (unpaired) electrons. The Morgan fingerprint density at radius 3 is 2.74 bits per heavy atom. The van der Waals surface area contributed by atoms with Crippen LogP contribution in [0.4, 0.5) is 0 Å². The second-order valence-electron chi connectivity index (χ2n) is 6.41. The molecule has 0 bridgehead atoms. The first kappa shape index (κ1) is 19.9. The first-order valence-electron chi connectivity index (χ1n) is 9.04. The van der Waals surface area contributed by atoms with Gasteiger partial charge in [-0.1, -0.05) is 18.5 Å². The van der Waals surface area contributed by atoms with Crippen LogP contribution in [0.2, 0.25) is 4.34 Å². The first-order chi connectivity index (χ1) is 13.0. The number of methoxy groups -OCH3 is 1. The highest BCUT2D eigenvalue weighted by molar-refractivity contribution is 7.19. The van der Waals surface area contributed by atoms with Gasteiger partial charge >= 0.3 is 5.97 Å². The van der Waals surface area contributed by atoms with Crippen molar-refractivity contribution in [1.29, 1.82) is 0 Å². The fourth-order valence-corrected chi connectivity index (χ4v) is 4.47. The van der Waals surface area contributed by atoms with Crippen LogP contribution in [-0.4, -0.2) is 27.8 Å². The van der Waals surface area contributed by atoms with Crippen LogP contribution in [0.5, 0.6) is 0 Å². The lowest BCUT2D eigenvalue weighted by molar-refractivity contribution is -0.137. The Hall–Kier alpha value is -1.89. The van der Waals surface area contributed by atoms with Crippen molar-refractivity contribution in [2.45, 2.75) is 45.6 Å². The van der Waals surface area contributed by atoms with E-state index < -0.39 is 5.97 Å². The molecule has 3 heterocycles. The molecule has 0 aromatic carbocycles. The SMILES string of the molecule is CCc1ccc2c(-c3ccc(Cl)s3)c(CCCCC(=O)O)c(COC)nn12. The average Bonchev–Trinajstić information content (AvgIpc) is 3.24. The number of carbonyl (C=O) groups is 1. The summed E-state index contributed by atoms with van der Waals surface area (Å²) in [5.41, 5.74) is 5.34. The number of aryl methyl sites for hydroxylation is 1. The number of aliphatic carboxylic acids is 1. The number of carboxylic acids is 1. The van der Waals surface area contributed by atoms with Crippen LogP contribution in [0, 0.1) is 0 Å². The van der Waals surface area contributed by atoms with Crippen LogP contribution >= 0.6 is 22.9 Å². The largest absolute Gasteiger partial charge is 0.481 e. The van der Waals surface area contributed by atoms with Crippen molar-refractivity contribution in [3.63, 3.8) is 0 Å². The van der Waals surface area contributed by atoms with E-state index in [1.807, 2.05) is 16.6 Å². The minimum absolute atomic E-state index is 0.181. The van der Waals surface area contributed by atoms with Crippen LogP contribution in [-0.2, 0) is 29.0 Å². The molecule has 0 fully saturated rings. The number of ether oxygens (including phenoxy) is 1. The highest BCUT2D eigenvalue weighted by Gasteiger charge is 2.19. The maximum Gasteiger partial charge on any atom is 0.303 e. The highest BCUT2D eigenvalue weighted by atomic mass is 35.5. The zero-order chi connectivity index (χ0) is 19.4. The number of carboxylic acid groups (broad SMARTS) is 1. The van der Waals surface area contributed by atoms with E-state index in [1.165, 1.54) is 0 Å². The molecule has 144 valence electrons. The van der Waals surface area contributed by atoms with Gasteiger partial charge in [0.25, 0.3) is 0 Å². The van der Waals surface area contributed by atoms with Crippen molar-refractivity contribution in [3.05, 3.63) is 45.6 Å². The Kier molecular flexibility index (Phi) is 6.52. The molecule has 0 amide bonds. The first-order valence-corrected chi connectivity index (χ1v) is 10.2. The standard InChI is InChI=1S/C20H23ClN2O3S/c1-3-13-8-9-16-20(17-10-11-18(21)27-17)14(6-4-5-7-19(24)25)15(12-26-2)22-23(13)16/h8-11H,3-7,12H2,1-2H3,(H,24,25). The molecule has 3 rings (SSSR count). The maximum atomic E-state index is 10.8. The van der Waals surface area contributed by atoms with E-state index >= 15 is 0 Å². The molecular weight excluding hydrogens is 384 g/mol. The number of rotatable bonds is 9. The summed E-state index contributed by atoms with van der Waals surface area (Å²) in [6.45, 7) is 2.53. The highest BCUT2D eigenvalue weighted by Crippen LogP contribution is 2.38. The third-order valence-electron chi connectivity index (χ3n) is 4.59. The number of nitrogens with zero attached hydrogens (tertiary/aromatic N) is 2. The van der Waals surface area contributed by atoms with Crippen LogP contribution < -0.4 is 0 Å². The van der Waals surface area contributed by atoms with Gasteiger partial charge in [-0.2, -0.15) is 5.10 Å². The van der Waals surface area contributed by atoms with Crippen molar-refractivity contribution in [2.75, 3.05) is 7.11 Å². The van der Waals surface area contributed by atoms with Crippen molar-refractivity contribution in [1.82, 2.24) is 9.61 Å². The molecular formula is C20H23ClN2O3S. The zero-order valence-corrected chi connectivity index (χ0v) is 17.1. The van der Waals surface area contributed by atoms with Gasteiger partial charge in [0.05, 0.1) is 22.2 Å². The van der Waals surface area contributed by atoms with Gasteiger partial charge in [0.1, 0.15) is 0 Å². The summed E-state index contributed by atoms with van der Waals surface area (Å²) in [5.74, 6) is -0.759. The monoisotopic (exact) mass is 406 g/mol. The lowest BCUT2D eigenvalue weighted by Gasteiger charge is -2.16. The zero-order valence-electron chi connectivity index (χ0n) is 15.5. The summed E-state index contributed by atoms with van der Waals surface area (Å²) in [4.78, 5) is 11.9. The van der Waals surface area contributed by atoms with E-state index in [0.29, 0.717) is 13.0 Å². The summed E-state index contributed by atoms with van der Waals surface area (Å²) in [7, 11) is 1.66. The normalized spacial score (nSPS) is 11.4. The second-order valence-corrected chi connectivity index (χ2v) is 8.13. The number of halogens is 1. The maximum absolute atomic E-state index is 10.8. The fourth-order valence-electron chi connectivity index (χ4n) is 3.35. The van der Waals surface area contributed by atoms with Crippen LogP contribution in [0.3, 0.4) is 0 Å². The summed E-state index contributed by atoms with van der Waals surface area (Å²) in [6.07, 6.45) is 3.25. The topological polar surface area (TPSA) is 63.8 Å². The summed E-state index contributed by atoms with van der Waals surface area (Å²) in [6, 6.07) is 8.16. The van der Waals surface area contributed by atoms with Gasteiger partial charge < -0.3 is 9.84 Å². The molecule has 0 saturated heterocycles. The predicted octanol–water partition coefficient (Wildman–Crippen LogP) is 5.22. The predicted molar refractivity (Wildman–Crippen MR) is 109 cm³/mol. The molecule has 3 aromatic rings. The molecule has 1 N–H and O–H groups in total. The Balaban J connectivity index is 2.13. The van der Waals surface area contributed by atoms with Crippen molar-refractivity contribution in [2.24, 2.45) is 0 Å². The van der Waals surface area contributed by atoms with E-state index in [0.717, 1.165) is 56.5 Å². The lowest BCUT2D eigenvalue weighted by atomic mass is 9.98. The summed E-state index contributed by atoms with van der Waals surface area (Å²) >= 11 is 7.76. The molecule has 0 aliphatic rings. The van der Waals surface area contributed by atoms with Gasteiger partial charge in [-0.3, -0.25) is 4.79 Å². The number of fused-ring (bicyclic) bond motifs is 1. The number of aromatic nitrogens is 2. The minimum atomic E-state index is -0.759. The molecule has 0 aliphatic carbocycles. The number of hydrogen-bond donors (Lipinski definition) is 1. The van der Waals surface area contributed by atoms with Gasteiger partial charge in [0, 0.05) is 29.7 Å². The quantitative estimate of drug-likeness (QED) is 0.494. The molecule has 0 aliphatic heterocycles. The molecule has 7 heteroatoms. The van der Waals surface area contributed by atoms with E-state index in [-0.39, 0.29) is 6.42 Å². The summed E-state index contributed by atoms with van der Waals surface area (Å²) in [5, 5.41) is 13.8. The molecule has 0 atom stereocenters. The number of unbranched alkanes of at least 4 members (excludes halogenated alkanes) is 1. The number of hydrogen-bond acceptors (Lipinski definition) is 4. The van der Waals surface area contributed by atoms with Gasteiger partial charge in [0.2, 0.25) is 0 Å². The van der Waals surface area contributed by atoms with Crippen molar-refractivity contribution >= 4 is 34.4 Å². The van der Waals surface area contributed by atoms with Crippen LogP contribution in [0.15, 0.2) is 24.3 Å². The smallest absolute Gasteiger partial charge is 0.303 e. The summed E-state index contributed by atoms with van der Waals surface area (Å²) < 4.78 is 8.16. The molecule has 0 spiro atoms. The molecule has 0 saturated carbocycles. The minimum Gasteiger partial charge on any atom is -0.481 e. The average molecular weight is 407 g/mol. The molecule has 3 aromatic heterocycles. The van der Waals surface area contributed by atoms with Gasteiger partial charge in [0.15, 0.2) is 0 Å². The van der Waals surface area contributed by atoms with Gasteiger partial charge in [-0.05, 0) is 55.5 Å². The Morgan fingerprint density at radius 2 is 2.11 bits per heavy atom. The molecule has 27 heavy (non-hydrogen) atoms. The van der Waals surface area contributed by atoms with Crippen molar-refractivity contribution < 1.29 is 14.6 Å². The Labute approximate surface area is 167 Å². The van der Waals surface area contributed by atoms with E-state index in [9.17, 15) is 4.79 Å². The second kappa shape index (κ2) is 8.87. The van der Waals surface area contributed by atoms with Gasteiger partial charge in [-0.25, -0.2) is 4.52 Å². The van der Waals surface area contributed by atoms with E-state index in [4.69, 9.17) is 26.5 Å². The molecule has 0 unspecified atom stereocenters.